The molecule has 0 aliphatic carbocycles. The Kier molecular flexibility index (Phi) is 3.41. The molecule has 11 heavy (non-hydrogen) atoms. The molecule has 0 saturated carbocycles. The largest absolute Gasteiger partial charge is 0.381 e. The van der Waals surface area contributed by atoms with Gasteiger partial charge in [-0.3, -0.25) is 0 Å². The van der Waals surface area contributed by atoms with Gasteiger partial charge in [0.2, 0.25) is 0 Å². The maximum Gasteiger partial charge on any atom is 0.0664 e. The zero-order valence-corrected chi connectivity index (χ0v) is 6.75. The molecule has 0 amide bonds. The van der Waals surface area contributed by atoms with E-state index in [-0.39, 0.29) is 6.04 Å². The van der Waals surface area contributed by atoms with E-state index in [0.717, 1.165) is 32.5 Å². The summed E-state index contributed by atoms with van der Waals surface area (Å²) in [4.78, 5) is 0. The summed E-state index contributed by atoms with van der Waals surface area (Å²) in [5.74, 6) is 3.24. The zero-order valence-electron chi connectivity index (χ0n) is 6.75. The fourth-order valence-corrected chi connectivity index (χ4v) is 1.41. The van der Waals surface area contributed by atoms with Gasteiger partial charge in [-0.25, -0.2) is 0 Å². The van der Waals surface area contributed by atoms with Crippen LogP contribution in [0, 0.1) is 18.3 Å². The summed E-state index contributed by atoms with van der Waals surface area (Å²) in [5, 5.41) is 0. The molecule has 62 valence electrons. The highest BCUT2D eigenvalue weighted by molar-refractivity contribution is 4.97. The first-order chi connectivity index (χ1) is 5.33. The second-order valence-electron chi connectivity index (χ2n) is 3.06. The van der Waals surface area contributed by atoms with Crippen LogP contribution in [-0.2, 0) is 4.74 Å². The Hall–Kier alpha value is -0.520. The van der Waals surface area contributed by atoms with Crippen LogP contribution < -0.4 is 5.73 Å². The smallest absolute Gasteiger partial charge is 0.0664 e. The monoisotopic (exact) mass is 153 g/mol. The molecule has 1 fully saturated rings. The van der Waals surface area contributed by atoms with Crippen LogP contribution in [0.5, 0.6) is 0 Å². The molecule has 1 saturated heterocycles. The van der Waals surface area contributed by atoms with Crippen molar-refractivity contribution in [3.8, 4) is 12.3 Å². The minimum atomic E-state index is -0.0573. The molecular formula is C9H15NO. The maximum absolute atomic E-state index is 5.63. The van der Waals surface area contributed by atoms with Gasteiger partial charge in [-0.15, -0.1) is 6.42 Å². The number of terminal acetylenes is 1. The standard InChI is InChI=1S/C9H15NO/c1-2-9(10)7-8-3-5-11-6-4-8/h1,8-9H,3-7,10H2. The average Bonchev–Trinajstić information content (AvgIpc) is 2.06. The summed E-state index contributed by atoms with van der Waals surface area (Å²) in [6.07, 6.45) is 8.38. The Balaban J connectivity index is 2.20. The molecule has 2 heteroatoms. The fourth-order valence-electron chi connectivity index (χ4n) is 1.41. The van der Waals surface area contributed by atoms with E-state index in [1.54, 1.807) is 0 Å². The minimum Gasteiger partial charge on any atom is -0.381 e. The summed E-state index contributed by atoms with van der Waals surface area (Å²) < 4.78 is 5.22. The second kappa shape index (κ2) is 4.38. The van der Waals surface area contributed by atoms with E-state index < -0.39 is 0 Å². The topological polar surface area (TPSA) is 35.2 Å². The molecule has 0 aromatic rings. The number of nitrogens with two attached hydrogens (primary N) is 1. The van der Waals surface area contributed by atoms with Crippen molar-refractivity contribution in [1.82, 2.24) is 0 Å². The van der Waals surface area contributed by atoms with Crippen molar-refractivity contribution in [1.29, 1.82) is 0 Å². The van der Waals surface area contributed by atoms with Crippen LogP contribution in [0.25, 0.3) is 0 Å². The Morgan fingerprint density at radius 3 is 2.73 bits per heavy atom. The maximum atomic E-state index is 5.63. The van der Waals surface area contributed by atoms with Gasteiger partial charge in [0, 0.05) is 13.2 Å². The molecular weight excluding hydrogens is 138 g/mol. The lowest BCUT2D eigenvalue weighted by atomic mass is 9.93. The van der Waals surface area contributed by atoms with Crippen molar-refractivity contribution in [3.63, 3.8) is 0 Å². The van der Waals surface area contributed by atoms with Crippen LogP contribution in [0.4, 0.5) is 0 Å². The lowest BCUT2D eigenvalue weighted by Gasteiger charge is -2.22. The molecule has 0 spiro atoms. The normalized spacial score (nSPS) is 22.5. The molecule has 0 radical (unpaired) electrons. The second-order valence-corrected chi connectivity index (χ2v) is 3.06. The van der Waals surface area contributed by atoms with E-state index in [1.807, 2.05) is 0 Å². The van der Waals surface area contributed by atoms with E-state index in [9.17, 15) is 0 Å². The summed E-state index contributed by atoms with van der Waals surface area (Å²) in [7, 11) is 0. The zero-order chi connectivity index (χ0) is 8.10. The fraction of sp³-hybridized carbons (Fsp3) is 0.778. The quantitative estimate of drug-likeness (QED) is 0.594. The number of rotatable bonds is 2. The first kappa shape index (κ1) is 8.58. The summed E-state index contributed by atoms with van der Waals surface area (Å²) in [6.45, 7) is 1.75. The van der Waals surface area contributed by atoms with Gasteiger partial charge < -0.3 is 10.5 Å². The molecule has 1 heterocycles. The van der Waals surface area contributed by atoms with Gasteiger partial charge in [-0.1, -0.05) is 5.92 Å². The highest BCUT2D eigenvalue weighted by Gasteiger charge is 2.15. The van der Waals surface area contributed by atoms with Crippen LogP contribution in [-0.4, -0.2) is 19.3 Å². The molecule has 1 aliphatic rings. The van der Waals surface area contributed by atoms with Crippen molar-refractivity contribution >= 4 is 0 Å². The Labute approximate surface area is 68.1 Å². The Bertz CT molecular complexity index is 144. The molecule has 0 bridgehead atoms. The van der Waals surface area contributed by atoms with Gasteiger partial charge in [0.05, 0.1) is 6.04 Å². The number of hydrogen-bond acceptors (Lipinski definition) is 2. The first-order valence-electron chi connectivity index (χ1n) is 4.12. The Morgan fingerprint density at radius 2 is 2.18 bits per heavy atom. The molecule has 1 aliphatic heterocycles. The average molecular weight is 153 g/mol. The van der Waals surface area contributed by atoms with Gasteiger partial charge in [0.15, 0.2) is 0 Å². The predicted molar refractivity (Wildman–Crippen MR) is 45.0 cm³/mol. The van der Waals surface area contributed by atoms with Crippen molar-refractivity contribution < 1.29 is 4.74 Å². The SMILES string of the molecule is C#CC(N)CC1CCOCC1. The van der Waals surface area contributed by atoms with Crippen LogP contribution in [0.3, 0.4) is 0 Å². The highest BCUT2D eigenvalue weighted by atomic mass is 16.5. The molecule has 0 aromatic carbocycles. The summed E-state index contributed by atoms with van der Waals surface area (Å²) in [5.41, 5.74) is 5.63. The van der Waals surface area contributed by atoms with Gasteiger partial charge in [0.25, 0.3) is 0 Å². The summed E-state index contributed by atoms with van der Waals surface area (Å²) >= 11 is 0. The molecule has 1 unspecified atom stereocenters. The third-order valence-electron chi connectivity index (χ3n) is 2.14. The van der Waals surface area contributed by atoms with Crippen molar-refractivity contribution in [2.24, 2.45) is 11.7 Å². The number of ether oxygens (including phenoxy) is 1. The van der Waals surface area contributed by atoms with Gasteiger partial charge in [-0.05, 0) is 25.2 Å². The predicted octanol–water partition coefficient (Wildman–Crippen LogP) is 0.764. The van der Waals surface area contributed by atoms with Crippen molar-refractivity contribution in [2.75, 3.05) is 13.2 Å². The van der Waals surface area contributed by atoms with E-state index >= 15 is 0 Å². The van der Waals surface area contributed by atoms with Gasteiger partial charge in [0.1, 0.15) is 0 Å². The van der Waals surface area contributed by atoms with Crippen LogP contribution in [0.2, 0.25) is 0 Å². The molecule has 2 N–H and O–H groups in total. The van der Waals surface area contributed by atoms with Crippen molar-refractivity contribution in [2.45, 2.75) is 25.3 Å². The third kappa shape index (κ3) is 2.92. The van der Waals surface area contributed by atoms with E-state index in [2.05, 4.69) is 5.92 Å². The van der Waals surface area contributed by atoms with Gasteiger partial charge in [-0.2, -0.15) is 0 Å². The minimum absolute atomic E-state index is 0.0573. The van der Waals surface area contributed by atoms with Crippen molar-refractivity contribution in [3.05, 3.63) is 0 Å². The van der Waals surface area contributed by atoms with Gasteiger partial charge >= 0.3 is 0 Å². The Morgan fingerprint density at radius 1 is 1.55 bits per heavy atom. The summed E-state index contributed by atoms with van der Waals surface area (Å²) in [6, 6.07) is -0.0573. The third-order valence-corrected chi connectivity index (χ3v) is 2.14. The van der Waals surface area contributed by atoms with E-state index in [4.69, 9.17) is 16.9 Å². The van der Waals surface area contributed by atoms with Crippen LogP contribution in [0.1, 0.15) is 19.3 Å². The first-order valence-corrected chi connectivity index (χ1v) is 4.12. The van der Waals surface area contributed by atoms with E-state index in [0.29, 0.717) is 5.92 Å². The lowest BCUT2D eigenvalue weighted by molar-refractivity contribution is 0.0633. The van der Waals surface area contributed by atoms with Crippen LogP contribution >= 0.6 is 0 Å². The molecule has 1 atom stereocenters. The number of hydrogen-bond donors (Lipinski definition) is 1. The molecule has 2 nitrogen and oxygen atoms in total. The van der Waals surface area contributed by atoms with Crippen LogP contribution in [0.15, 0.2) is 0 Å². The highest BCUT2D eigenvalue weighted by Crippen LogP contribution is 2.18. The molecule has 0 aromatic heterocycles. The lowest BCUT2D eigenvalue weighted by Crippen LogP contribution is -2.25. The molecule has 1 rings (SSSR count). The van der Waals surface area contributed by atoms with E-state index in [1.165, 1.54) is 0 Å².